The van der Waals surface area contributed by atoms with E-state index in [4.69, 9.17) is 5.26 Å². The summed E-state index contributed by atoms with van der Waals surface area (Å²) >= 11 is 0. The number of hydrogen-bond donors (Lipinski definition) is 1. The van der Waals surface area contributed by atoms with Crippen LogP contribution in [0.25, 0.3) is 0 Å². The molecule has 2 aromatic carbocycles. The van der Waals surface area contributed by atoms with Gasteiger partial charge in [0.15, 0.2) is 0 Å². The maximum absolute atomic E-state index is 10.9. The third-order valence-electron chi connectivity index (χ3n) is 4.71. The second-order valence-electron chi connectivity index (χ2n) is 6.33. The zero-order valence-electron chi connectivity index (χ0n) is 13.3. The van der Waals surface area contributed by atoms with Gasteiger partial charge in [-0.05, 0) is 29.5 Å². The molecule has 23 heavy (non-hydrogen) atoms. The fourth-order valence-corrected chi connectivity index (χ4v) is 3.23. The van der Waals surface area contributed by atoms with Crippen molar-refractivity contribution >= 4 is 0 Å². The summed E-state index contributed by atoms with van der Waals surface area (Å²) in [7, 11) is 0. The van der Waals surface area contributed by atoms with Gasteiger partial charge >= 0.3 is 0 Å². The minimum Gasteiger partial charge on any atom is -0.385 e. The molecule has 3 heteroatoms. The average Bonchev–Trinajstić information content (AvgIpc) is 2.60. The molecular weight excluding hydrogens is 284 g/mol. The van der Waals surface area contributed by atoms with Gasteiger partial charge < -0.3 is 5.11 Å². The molecule has 1 aliphatic heterocycles. The van der Waals surface area contributed by atoms with E-state index in [0.29, 0.717) is 6.42 Å². The first-order valence-corrected chi connectivity index (χ1v) is 8.15. The predicted molar refractivity (Wildman–Crippen MR) is 90.6 cm³/mol. The Morgan fingerprint density at radius 1 is 0.957 bits per heavy atom. The van der Waals surface area contributed by atoms with Crippen molar-refractivity contribution in [3.05, 3.63) is 71.3 Å². The zero-order valence-corrected chi connectivity index (χ0v) is 13.3. The van der Waals surface area contributed by atoms with E-state index < -0.39 is 5.60 Å². The molecule has 0 unspecified atom stereocenters. The van der Waals surface area contributed by atoms with Crippen molar-refractivity contribution in [2.24, 2.45) is 0 Å². The van der Waals surface area contributed by atoms with E-state index >= 15 is 0 Å². The quantitative estimate of drug-likeness (QED) is 0.943. The molecule has 0 aromatic heterocycles. The lowest BCUT2D eigenvalue weighted by Gasteiger charge is -2.38. The monoisotopic (exact) mass is 306 g/mol. The molecule has 0 saturated carbocycles. The Balaban J connectivity index is 1.58. The first-order valence-electron chi connectivity index (χ1n) is 8.15. The molecule has 1 saturated heterocycles. The van der Waals surface area contributed by atoms with Crippen molar-refractivity contribution in [1.29, 1.82) is 5.26 Å². The third-order valence-corrected chi connectivity index (χ3v) is 4.71. The van der Waals surface area contributed by atoms with Gasteiger partial charge in [0.25, 0.3) is 0 Å². The van der Waals surface area contributed by atoms with E-state index in [1.165, 1.54) is 5.56 Å². The summed E-state index contributed by atoms with van der Waals surface area (Å²) in [5.74, 6) is 0. The van der Waals surface area contributed by atoms with Gasteiger partial charge in [-0.2, -0.15) is 5.26 Å². The highest BCUT2D eigenvalue weighted by molar-refractivity contribution is 5.25. The summed E-state index contributed by atoms with van der Waals surface area (Å²) in [6.45, 7) is 2.69. The summed E-state index contributed by atoms with van der Waals surface area (Å²) in [5.41, 5.74) is 2.67. The highest BCUT2D eigenvalue weighted by Crippen LogP contribution is 2.33. The maximum Gasteiger partial charge on any atom is 0.0920 e. The van der Waals surface area contributed by atoms with Gasteiger partial charge in [-0.25, -0.2) is 0 Å². The lowest BCUT2D eigenvalue weighted by Crippen LogP contribution is -2.42. The topological polar surface area (TPSA) is 47.3 Å². The summed E-state index contributed by atoms with van der Waals surface area (Å²) in [5, 5.41) is 19.6. The lowest BCUT2D eigenvalue weighted by atomic mass is 9.84. The van der Waals surface area contributed by atoms with Crippen LogP contribution in [0.1, 0.15) is 29.5 Å². The van der Waals surface area contributed by atoms with Crippen molar-refractivity contribution in [3.8, 4) is 6.07 Å². The number of aliphatic hydroxyl groups is 1. The molecule has 118 valence electrons. The van der Waals surface area contributed by atoms with Crippen molar-refractivity contribution < 1.29 is 5.11 Å². The van der Waals surface area contributed by atoms with Crippen LogP contribution in [0.3, 0.4) is 0 Å². The second-order valence-corrected chi connectivity index (χ2v) is 6.33. The van der Waals surface area contributed by atoms with Crippen LogP contribution in [-0.2, 0) is 18.6 Å². The summed E-state index contributed by atoms with van der Waals surface area (Å²) < 4.78 is 0. The van der Waals surface area contributed by atoms with Crippen LogP contribution >= 0.6 is 0 Å². The van der Waals surface area contributed by atoms with Gasteiger partial charge in [0, 0.05) is 19.6 Å². The van der Waals surface area contributed by atoms with E-state index in [9.17, 15) is 5.11 Å². The standard InChI is InChI=1S/C20H22N2O/c21-13-10-17-6-8-18(9-7-17)16-22-14-11-20(23,12-15-22)19-4-2-1-3-5-19/h1-9,23H,10-12,14-16H2. The molecule has 3 rings (SSSR count). The SMILES string of the molecule is N#CCc1ccc(CN2CCC(O)(c3ccccc3)CC2)cc1. The molecule has 1 fully saturated rings. The Hall–Kier alpha value is -2.15. The number of nitriles is 1. The van der Waals surface area contributed by atoms with Crippen LogP contribution in [0.15, 0.2) is 54.6 Å². The number of hydrogen-bond acceptors (Lipinski definition) is 3. The smallest absolute Gasteiger partial charge is 0.0920 e. The van der Waals surface area contributed by atoms with Gasteiger partial charge in [0.2, 0.25) is 0 Å². The Morgan fingerprint density at radius 3 is 2.17 bits per heavy atom. The molecule has 2 aromatic rings. The number of likely N-dealkylation sites (tertiary alicyclic amines) is 1. The van der Waals surface area contributed by atoms with Crippen molar-refractivity contribution in [3.63, 3.8) is 0 Å². The van der Waals surface area contributed by atoms with Gasteiger partial charge in [0.05, 0.1) is 18.1 Å². The molecule has 0 aliphatic carbocycles. The van der Waals surface area contributed by atoms with Crippen LogP contribution in [0.5, 0.6) is 0 Å². The van der Waals surface area contributed by atoms with Gasteiger partial charge in [-0.15, -0.1) is 0 Å². The molecule has 3 nitrogen and oxygen atoms in total. The summed E-state index contributed by atoms with van der Waals surface area (Å²) in [6, 6.07) is 20.4. The maximum atomic E-state index is 10.9. The molecule has 1 aliphatic rings. The number of rotatable bonds is 4. The van der Waals surface area contributed by atoms with E-state index in [1.807, 2.05) is 42.5 Å². The van der Waals surface area contributed by atoms with Crippen LogP contribution in [0.2, 0.25) is 0 Å². The third kappa shape index (κ3) is 3.79. The number of benzene rings is 2. The molecule has 0 radical (unpaired) electrons. The molecule has 0 amide bonds. The first-order chi connectivity index (χ1) is 11.2. The fraction of sp³-hybridized carbons (Fsp3) is 0.350. The molecule has 0 bridgehead atoms. The van der Waals surface area contributed by atoms with Crippen molar-refractivity contribution in [2.75, 3.05) is 13.1 Å². The van der Waals surface area contributed by atoms with E-state index in [-0.39, 0.29) is 0 Å². The Labute approximate surface area is 137 Å². The minimum atomic E-state index is -0.686. The number of piperidine rings is 1. The van der Waals surface area contributed by atoms with Crippen LogP contribution in [0.4, 0.5) is 0 Å². The van der Waals surface area contributed by atoms with E-state index in [1.54, 1.807) is 0 Å². The van der Waals surface area contributed by atoms with Crippen molar-refractivity contribution in [2.45, 2.75) is 31.4 Å². The zero-order chi connectivity index (χ0) is 16.1. The summed E-state index contributed by atoms with van der Waals surface area (Å²) in [6.07, 6.45) is 2.00. The largest absolute Gasteiger partial charge is 0.385 e. The Morgan fingerprint density at radius 2 is 1.57 bits per heavy atom. The molecule has 1 N–H and O–H groups in total. The minimum absolute atomic E-state index is 0.466. The molecule has 1 heterocycles. The van der Waals surface area contributed by atoms with Gasteiger partial charge in [0.1, 0.15) is 0 Å². The Kier molecular flexibility index (Phi) is 4.76. The van der Waals surface area contributed by atoms with Crippen LogP contribution < -0.4 is 0 Å². The Bertz CT molecular complexity index is 665. The fourth-order valence-electron chi connectivity index (χ4n) is 3.23. The van der Waals surface area contributed by atoms with Crippen molar-refractivity contribution in [1.82, 2.24) is 4.90 Å². The average molecular weight is 306 g/mol. The van der Waals surface area contributed by atoms with Gasteiger partial charge in [-0.1, -0.05) is 54.6 Å². The van der Waals surface area contributed by atoms with Crippen LogP contribution in [-0.4, -0.2) is 23.1 Å². The highest BCUT2D eigenvalue weighted by atomic mass is 16.3. The second kappa shape index (κ2) is 6.95. The normalized spacial score (nSPS) is 17.6. The lowest BCUT2D eigenvalue weighted by molar-refractivity contribution is -0.0277. The molecular formula is C20H22N2O. The first kappa shape index (κ1) is 15.7. The molecule has 0 atom stereocenters. The predicted octanol–water partition coefficient (Wildman–Crippen LogP) is 3.24. The molecule has 0 spiro atoms. The number of nitrogens with zero attached hydrogens (tertiary/aromatic N) is 2. The highest BCUT2D eigenvalue weighted by Gasteiger charge is 2.33. The van der Waals surface area contributed by atoms with Crippen LogP contribution in [0, 0.1) is 11.3 Å². The van der Waals surface area contributed by atoms with E-state index in [2.05, 4.69) is 23.1 Å². The van der Waals surface area contributed by atoms with Gasteiger partial charge in [-0.3, -0.25) is 4.90 Å². The van der Waals surface area contributed by atoms with E-state index in [0.717, 1.165) is 43.6 Å². The summed E-state index contributed by atoms with van der Waals surface area (Å²) in [4.78, 5) is 2.39.